The van der Waals surface area contributed by atoms with Crippen molar-refractivity contribution < 1.29 is 4.39 Å². The third-order valence-corrected chi connectivity index (χ3v) is 4.81. The molecule has 0 saturated carbocycles. The van der Waals surface area contributed by atoms with Gasteiger partial charge in [0.05, 0.1) is 6.04 Å². The Labute approximate surface area is 146 Å². The summed E-state index contributed by atoms with van der Waals surface area (Å²) in [5, 5.41) is 3.51. The summed E-state index contributed by atoms with van der Waals surface area (Å²) in [6.07, 6.45) is 5.37. The molecule has 1 atom stereocenters. The van der Waals surface area contributed by atoms with E-state index in [0.29, 0.717) is 5.82 Å². The van der Waals surface area contributed by atoms with Crippen molar-refractivity contribution in [2.24, 2.45) is 0 Å². The van der Waals surface area contributed by atoms with Crippen molar-refractivity contribution in [3.05, 3.63) is 70.9 Å². The van der Waals surface area contributed by atoms with Gasteiger partial charge in [0.2, 0.25) is 0 Å². The van der Waals surface area contributed by atoms with Crippen LogP contribution < -0.4 is 5.32 Å². The van der Waals surface area contributed by atoms with Crippen LogP contribution in [0.15, 0.2) is 42.7 Å². The molecule has 0 aliphatic heterocycles. The van der Waals surface area contributed by atoms with E-state index < -0.39 is 0 Å². The van der Waals surface area contributed by atoms with Crippen LogP contribution in [0.1, 0.15) is 34.8 Å². The Morgan fingerprint density at radius 1 is 1.16 bits per heavy atom. The van der Waals surface area contributed by atoms with Gasteiger partial charge < -0.3 is 5.32 Å². The van der Waals surface area contributed by atoms with Crippen molar-refractivity contribution in [1.29, 1.82) is 0 Å². The normalized spacial score (nSPS) is 15.9. The van der Waals surface area contributed by atoms with Crippen molar-refractivity contribution in [2.45, 2.75) is 32.7 Å². The fourth-order valence-electron chi connectivity index (χ4n) is 3.28. The topological polar surface area (TPSA) is 50.7 Å². The molecule has 3 aromatic rings. The Bertz CT molecular complexity index is 924. The summed E-state index contributed by atoms with van der Waals surface area (Å²) in [5.41, 5.74) is 5.05. The highest BCUT2D eigenvalue weighted by Crippen LogP contribution is 2.35. The molecular weight excluding hydrogens is 315 g/mol. The second-order valence-corrected chi connectivity index (χ2v) is 6.43. The Morgan fingerprint density at radius 2 is 2.04 bits per heavy atom. The zero-order chi connectivity index (χ0) is 17.4. The Balaban J connectivity index is 1.70. The molecule has 4 nitrogen and oxygen atoms in total. The van der Waals surface area contributed by atoms with Gasteiger partial charge in [-0.25, -0.2) is 14.4 Å². The lowest BCUT2D eigenvalue weighted by molar-refractivity contribution is 0.623. The largest absolute Gasteiger partial charge is 0.363 e. The molecule has 126 valence electrons. The molecule has 0 bridgehead atoms. The average Bonchev–Trinajstić information content (AvgIpc) is 3.01. The molecule has 0 fully saturated rings. The van der Waals surface area contributed by atoms with Crippen LogP contribution in [0.4, 0.5) is 10.2 Å². The highest BCUT2D eigenvalue weighted by molar-refractivity contribution is 5.59. The van der Waals surface area contributed by atoms with Crippen LogP contribution in [0, 0.1) is 19.7 Å². The Morgan fingerprint density at radius 3 is 2.84 bits per heavy atom. The average molecular weight is 334 g/mol. The molecule has 1 aromatic carbocycles. The molecule has 5 heteroatoms. The van der Waals surface area contributed by atoms with Crippen LogP contribution in [0.25, 0.3) is 11.4 Å². The van der Waals surface area contributed by atoms with Gasteiger partial charge in [-0.3, -0.25) is 4.98 Å². The highest BCUT2D eigenvalue weighted by atomic mass is 19.1. The number of hydrogen-bond acceptors (Lipinski definition) is 4. The van der Waals surface area contributed by atoms with Gasteiger partial charge in [-0.2, -0.15) is 0 Å². The maximum absolute atomic E-state index is 13.6. The van der Waals surface area contributed by atoms with Gasteiger partial charge in [0, 0.05) is 29.2 Å². The number of fused-ring (bicyclic) bond motifs is 1. The molecule has 0 saturated heterocycles. The molecule has 1 N–H and O–H groups in total. The summed E-state index contributed by atoms with van der Waals surface area (Å²) >= 11 is 0. The van der Waals surface area contributed by atoms with Crippen LogP contribution in [0.3, 0.4) is 0 Å². The van der Waals surface area contributed by atoms with Crippen molar-refractivity contribution in [2.75, 3.05) is 5.32 Å². The molecule has 2 aromatic heterocycles. The van der Waals surface area contributed by atoms with E-state index in [0.717, 1.165) is 41.0 Å². The number of anilines is 1. The van der Waals surface area contributed by atoms with E-state index in [-0.39, 0.29) is 11.9 Å². The van der Waals surface area contributed by atoms with Gasteiger partial charge in [-0.15, -0.1) is 0 Å². The predicted molar refractivity (Wildman–Crippen MR) is 95.8 cm³/mol. The van der Waals surface area contributed by atoms with Gasteiger partial charge in [-0.05, 0) is 62.1 Å². The first-order valence-electron chi connectivity index (χ1n) is 8.42. The van der Waals surface area contributed by atoms with E-state index in [4.69, 9.17) is 4.98 Å². The zero-order valence-electron chi connectivity index (χ0n) is 14.3. The maximum Gasteiger partial charge on any atom is 0.163 e. The molecule has 0 amide bonds. The fourth-order valence-corrected chi connectivity index (χ4v) is 3.28. The van der Waals surface area contributed by atoms with Crippen molar-refractivity contribution >= 4 is 5.82 Å². The number of pyridine rings is 1. The zero-order valence-corrected chi connectivity index (χ0v) is 14.3. The second-order valence-electron chi connectivity index (χ2n) is 6.43. The van der Waals surface area contributed by atoms with E-state index in [1.165, 1.54) is 11.6 Å². The van der Waals surface area contributed by atoms with E-state index in [9.17, 15) is 4.39 Å². The molecule has 1 aliphatic carbocycles. The van der Waals surface area contributed by atoms with Crippen molar-refractivity contribution in [3.63, 3.8) is 0 Å². The summed E-state index contributed by atoms with van der Waals surface area (Å²) < 4.78 is 13.6. The summed E-state index contributed by atoms with van der Waals surface area (Å²) in [7, 11) is 0. The first-order chi connectivity index (χ1) is 12.1. The lowest BCUT2D eigenvalue weighted by atomic mass is 10.1. The Hall–Kier alpha value is -2.82. The first-order valence-corrected chi connectivity index (χ1v) is 8.42. The molecule has 4 rings (SSSR count). The molecule has 0 radical (unpaired) electrons. The smallest absolute Gasteiger partial charge is 0.163 e. The van der Waals surface area contributed by atoms with Crippen LogP contribution in [-0.4, -0.2) is 15.0 Å². The van der Waals surface area contributed by atoms with Gasteiger partial charge in [0.1, 0.15) is 11.6 Å². The number of hydrogen-bond donors (Lipinski definition) is 1. The fraction of sp³-hybridized carbons (Fsp3) is 0.250. The monoisotopic (exact) mass is 334 g/mol. The standard InChI is InChI=1S/C20H19FN4/c1-12-13(2)23-20(15-4-3-9-22-11-15)25-19(12)24-18-8-6-14-5-7-16(21)10-17(14)18/h3-5,7,9-11,18H,6,8H2,1-2H3,(H,23,24,25). The quantitative estimate of drug-likeness (QED) is 0.771. The summed E-state index contributed by atoms with van der Waals surface area (Å²) in [6, 6.07) is 8.93. The minimum absolute atomic E-state index is 0.0699. The maximum atomic E-state index is 13.6. The van der Waals surface area contributed by atoms with Crippen LogP contribution in [0.2, 0.25) is 0 Å². The lowest BCUT2D eigenvalue weighted by Crippen LogP contribution is -2.12. The number of nitrogens with one attached hydrogen (secondary N) is 1. The SMILES string of the molecule is Cc1nc(-c2cccnc2)nc(NC2CCc3ccc(F)cc32)c1C. The second kappa shape index (κ2) is 6.24. The van der Waals surface area contributed by atoms with Gasteiger partial charge in [-0.1, -0.05) is 6.07 Å². The third-order valence-electron chi connectivity index (χ3n) is 4.81. The van der Waals surface area contributed by atoms with Gasteiger partial charge in [0.15, 0.2) is 5.82 Å². The minimum Gasteiger partial charge on any atom is -0.363 e. The molecule has 1 unspecified atom stereocenters. The molecular formula is C20H19FN4. The van der Waals surface area contributed by atoms with Crippen LogP contribution in [-0.2, 0) is 6.42 Å². The number of benzene rings is 1. The summed E-state index contributed by atoms with van der Waals surface area (Å²) in [6.45, 7) is 3.98. The number of aromatic nitrogens is 3. The lowest BCUT2D eigenvalue weighted by Gasteiger charge is -2.18. The molecule has 2 heterocycles. The highest BCUT2D eigenvalue weighted by Gasteiger charge is 2.24. The van der Waals surface area contributed by atoms with Crippen LogP contribution in [0.5, 0.6) is 0 Å². The van der Waals surface area contributed by atoms with Crippen molar-refractivity contribution in [3.8, 4) is 11.4 Å². The molecule has 25 heavy (non-hydrogen) atoms. The first kappa shape index (κ1) is 15.7. The predicted octanol–water partition coefficient (Wildman–Crippen LogP) is 4.39. The molecule has 1 aliphatic rings. The number of halogens is 1. The van der Waals surface area contributed by atoms with Gasteiger partial charge in [0.25, 0.3) is 0 Å². The van der Waals surface area contributed by atoms with E-state index >= 15 is 0 Å². The Kier molecular flexibility index (Phi) is 3.92. The number of nitrogens with zero attached hydrogens (tertiary/aromatic N) is 3. The third kappa shape index (κ3) is 2.97. The van der Waals surface area contributed by atoms with E-state index in [1.807, 2.05) is 32.0 Å². The molecule has 0 spiro atoms. The number of aryl methyl sites for hydroxylation is 2. The summed E-state index contributed by atoms with van der Waals surface area (Å²) in [5.74, 6) is 1.25. The van der Waals surface area contributed by atoms with Gasteiger partial charge >= 0.3 is 0 Å². The van der Waals surface area contributed by atoms with E-state index in [2.05, 4.69) is 15.3 Å². The van der Waals surface area contributed by atoms with Crippen molar-refractivity contribution in [1.82, 2.24) is 15.0 Å². The van der Waals surface area contributed by atoms with Crippen LogP contribution >= 0.6 is 0 Å². The van der Waals surface area contributed by atoms with E-state index in [1.54, 1.807) is 18.5 Å². The number of rotatable bonds is 3. The summed E-state index contributed by atoms with van der Waals surface area (Å²) in [4.78, 5) is 13.4. The minimum atomic E-state index is -0.195.